The Morgan fingerprint density at radius 3 is 2.47 bits per heavy atom. The summed E-state index contributed by atoms with van der Waals surface area (Å²) in [5.74, 6) is -0.832. The zero-order valence-corrected chi connectivity index (χ0v) is 10.3. The fourth-order valence-electron chi connectivity index (χ4n) is 1.28. The molecule has 4 nitrogen and oxygen atoms in total. The molecule has 0 atom stereocenters. The van der Waals surface area contributed by atoms with Gasteiger partial charge in [0, 0.05) is 19.0 Å². The van der Waals surface area contributed by atoms with Gasteiger partial charge in [-0.3, -0.25) is 9.59 Å². The van der Waals surface area contributed by atoms with Gasteiger partial charge in [0.1, 0.15) is 0 Å². The van der Waals surface area contributed by atoms with E-state index in [-0.39, 0.29) is 12.3 Å². The van der Waals surface area contributed by atoms with Crippen molar-refractivity contribution in [1.82, 2.24) is 5.32 Å². The molecule has 96 valence electrons. The first-order valence-electron chi connectivity index (χ1n) is 5.95. The van der Waals surface area contributed by atoms with Crippen molar-refractivity contribution in [1.29, 1.82) is 0 Å². The lowest BCUT2D eigenvalue weighted by Gasteiger charge is -2.01. The van der Waals surface area contributed by atoms with Gasteiger partial charge in [-0.1, -0.05) is 31.1 Å². The second-order valence-corrected chi connectivity index (χ2v) is 3.73. The number of carbonyl (C=O) groups is 2. The van der Waals surface area contributed by atoms with Gasteiger partial charge in [0.2, 0.25) is 5.91 Å². The van der Waals surface area contributed by atoms with E-state index < -0.39 is 5.97 Å². The number of rotatable bonds is 9. The fraction of sp³-hybridized carbons (Fsp3) is 0.538. The van der Waals surface area contributed by atoms with Crippen LogP contribution < -0.4 is 5.32 Å². The topological polar surface area (TPSA) is 66.4 Å². The first kappa shape index (κ1) is 15.4. The molecule has 0 heterocycles. The van der Waals surface area contributed by atoms with Gasteiger partial charge in [-0.15, -0.1) is 0 Å². The fourth-order valence-corrected chi connectivity index (χ4v) is 1.28. The molecule has 0 aliphatic rings. The Morgan fingerprint density at radius 1 is 1.12 bits per heavy atom. The third kappa shape index (κ3) is 12.4. The summed E-state index contributed by atoms with van der Waals surface area (Å²) in [6.07, 6.45) is 10.5. The quantitative estimate of drug-likeness (QED) is 0.368. The molecule has 2 N–H and O–H groups in total. The summed E-state index contributed by atoms with van der Waals surface area (Å²) in [5, 5.41) is 11.2. The van der Waals surface area contributed by atoms with Crippen molar-refractivity contribution in [3.63, 3.8) is 0 Å². The predicted molar refractivity (Wildman–Crippen MR) is 67.7 cm³/mol. The molecule has 0 aromatic heterocycles. The van der Waals surface area contributed by atoms with E-state index in [0.29, 0.717) is 13.0 Å². The first-order valence-corrected chi connectivity index (χ1v) is 5.95. The third-order valence-electron chi connectivity index (χ3n) is 2.17. The van der Waals surface area contributed by atoms with E-state index in [0.717, 1.165) is 19.3 Å². The number of hydrogen-bond acceptors (Lipinski definition) is 2. The molecule has 1 amide bonds. The highest BCUT2D eigenvalue weighted by Crippen LogP contribution is 2.01. The molecular formula is C13H21NO3. The van der Waals surface area contributed by atoms with E-state index in [1.165, 1.54) is 6.08 Å². The summed E-state index contributed by atoms with van der Waals surface area (Å²) >= 11 is 0. The Kier molecular flexibility index (Phi) is 9.91. The van der Waals surface area contributed by atoms with E-state index in [4.69, 9.17) is 5.11 Å². The number of carbonyl (C=O) groups excluding carboxylic acids is 1. The molecule has 0 spiro atoms. The molecule has 0 aromatic rings. The van der Waals surface area contributed by atoms with Crippen molar-refractivity contribution in [2.45, 2.75) is 39.0 Å². The predicted octanol–water partition coefficient (Wildman–Crippen LogP) is 2.27. The van der Waals surface area contributed by atoms with Crippen LogP contribution in [0.1, 0.15) is 39.0 Å². The molecule has 0 aliphatic carbocycles. The number of nitrogens with one attached hydrogen (secondary N) is 1. The summed E-state index contributed by atoms with van der Waals surface area (Å²) in [7, 11) is 0. The van der Waals surface area contributed by atoms with E-state index in [1.807, 2.05) is 13.0 Å². The number of aliphatic carboxylic acids is 1. The molecule has 17 heavy (non-hydrogen) atoms. The molecule has 0 aromatic carbocycles. The van der Waals surface area contributed by atoms with Crippen LogP contribution in [0.5, 0.6) is 0 Å². The van der Waals surface area contributed by atoms with Crippen LogP contribution in [-0.2, 0) is 9.59 Å². The van der Waals surface area contributed by atoms with Crippen LogP contribution in [0.15, 0.2) is 24.3 Å². The molecule has 0 aliphatic heterocycles. The molecule has 0 saturated carbocycles. The second-order valence-electron chi connectivity index (χ2n) is 3.73. The van der Waals surface area contributed by atoms with Crippen LogP contribution in [0.2, 0.25) is 0 Å². The zero-order valence-electron chi connectivity index (χ0n) is 10.3. The highest BCUT2D eigenvalue weighted by Gasteiger charge is 1.97. The van der Waals surface area contributed by atoms with Gasteiger partial charge >= 0.3 is 5.97 Å². The van der Waals surface area contributed by atoms with Crippen molar-refractivity contribution >= 4 is 11.9 Å². The SMILES string of the molecule is C/C=C/C=C/C(=O)NCCCCCCC(=O)O. The van der Waals surface area contributed by atoms with Crippen LogP contribution in [0.4, 0.5) is 0 Å². The van der Waals surface area contributed by atoms with Crippen LogP contribution >= 0.6 is 0 Å². The monoisotopic (exact) mass is 239 g/mol. The van der Waals surface area contributed by atoms with Crippen molar-refractivity contribution in [3.05, 3.63) is 24.3 Å². The molecule has 0 unspecified atom stereocenters. The number of carboxylic acid groups (broad SMARTS) is 1. The highest BCUT2D eigenvalue weighted by atomic mass is 16.4. The minimum absolute atomic E-state index is 0.0892. The number of carboxylic acids is 1. The molecular weight excluding hydrogens is 218 g/mol. The Bertz CT molecular complexity index is 282. The summed E-state index contributed by atoms with van der Waals surface area (Å²) in [5.41, 5.74) is 0. The molecule has 0 radical (unpaired) electrons. The van der Waals surface area contributed by atoms with Gasteiger partial charge in [-0.2, -0.15) is 0 Å². The maximum atomic E-state index is 11.2. The third-order valence-corrected chi connectivity index (χ3v) is 2.17. The van der Waals surface area contributed by atoms with Crippen molar-refractivity contribution in [2.75, 3.05) is 6.54 Å². The zero-order chi connectivity index (χ0) is 12.9. The minimum Gasteiger partial charge on any atom is -0.481 e. The Morgan fingerprint density at radius 2 is 1.82 bits per heavy atom. The summed E-state index contributed by atoms with van der Waals surface area (Å²) in [6.45, 7) is 2.53. The Balaban J connectivity index is 3.33. The minimum atomic E-state index is -0.743. The number of hydrogen-bond donors (Lipinski definition) is 2. The Hall–Kier alpha value is -1.58. The summed E-state index contributed by atoms with van der Waals surface area (Å²) < 4.78 is 0. The molecule has 0 fully saturated rings. The van der Waals surface area contributed by atoms with Gasteiger partial charge in [0.05, 0.1) is 0 Å². The van der Waals surface area contributed by atoms with Gasteiger partial charge in [-0.25, -0.2) is 0 Å². The van der Waals surface area contributed by atoms with Gasteiger partial charge in [-0.05, 0) is 19.8 Å². The van der Waals surface area contributed by atoms with E-state index in [2.05, 4.69) is 5.32 Å². The molecule has 0 saturated heterocycles. The number of allylic oxidation sites excluding steroid dienone is 3. The van der Waals surface area contributed by atoms with Crippen LogP contribution in [0.25, 0.3) is 0 Å². The Labute approximate surface area is 102 Å². The second kappa shape index (κ2) is 10.9. The van der Waals surface area contributed by atoms with Crippen LogP contribution in [0, 0.1) is 0 Å². The molecule has 4 heteroatoms. The van der Waals surface area contributed by atoms with Crippen molar-refractivity contribution in [3.8, 4) is 0 Å². The van der Waals surface area contributed by atoms with E-state index in [1.54, 1.807) is 12.2 Å². The lowest BCUT2D eigenvalue weighted by molar-refractivity contribution is -0.137. The average Bonchev–Trinajstić information content (AvgIpc) is 2.28. The van der Waals surface area contributed by atoms with Gasteiger partial charge < -0.3 is 10.4 Å². The van der Waals surface area contributed by atoms with Gasteiger partial charge in [0.25, 0.3) is 0 Å². The van der Waals surface area contributed by atoms with Crippen LogP contribution in [0.3, 0.4) is 0 Å². The maximum absolute atomic E-state index is 11.2. The lowest BCUT2D eigenvalue weighted by atomic mass is 10.1. The standard InChI is InChI=1S/C13H21NO3/c1-2-3-6-9-12(15)14-11-8-5-4-7-10-13(16)17/h2-3,6,9H,4-5,7-8,10-11H2,1H3,(H,14,15)(H,16,17)/b3-2+,9-6+. The van der Waals surface area contributed by atoms with Crippen LogP contribution in [-0.4, -0.2) is 23.5 Å². The highest BCUT2D eigenvalue weighted by molar-refractivity contribution is 5.87. The largest absolute Gasteiger partial charge is 0.481 e. The lowest BCUT2D eigenvalue weighted by Crippen LogP contribution is -2.21. The van der Waals surface area contributed by atoms with E-state index in [9.17, 15) is 9.59 Å². The van der Waals surface area contributed by atoms with Crippen molar-refractivity contribution < 1.29 is 14.7 Å². The number of amides is 1. The smallest absolute Gasteiger partial charge is 0.303 e. The average molecular weight is 239 g/mol. The van der Waals surface area contributed by atoms with Gasteiger partial charge in [0.15, 0.2) is 0 Å². The van der Waals surface area contributed by atoms with Crippen molar-refractivity contribution in [2.24, 2.45) is 0 Å². The summed E-state index contributed by atoms with van der Waals surface area (Å²) in [6, 6.07) is 0. The molecule has 0 rings (SSSR count). The van der Waals surface area contributed by atoms with E-state index >= 15 is 0 Å². The normalized spacial score (nSPS) is 11.1. The molecule has 0 bridgehead atoms. The summed E-state index contributed by atoms with van der Waals surface area (Å²) in [4.78, 5) is 21.4. The maximum Gasteiger partial charge on any atom is 0.303 e. The first-order chi connectivity index (χ1) is 8.16. The number of unbranched alkanes of at least 4 members (excludes halogenated alkanes) is 3.